The number of halogens is 2. The SMILES string of the molecule is Cc1[nH]ncc1CNCCNc1ncc(Cl)cc1Cl. The van der Waals surface area contributed by atoms with Crippen molar-refractivity contribution in [3.05, 3.63) is 39.8 Å². The average Bonchev–Trinajstić information content (AvgIpc) is 2.77. The molecule has 0 bridgehead atoms. The van der Waals surface area contributed by atoms with E-state index in [0.29, 0.717) is 15.9 Å². The van der Waals surface area contributed by atoms with Gasteiger partial charge in [-0.1, -0.05) is 23.2 Å². The highest BCUT2D eigenvalue weighted by Gasteiger charge is 2.02. The summed E-state index contributed by atoms with van der Waals surface area (Å²) in [5, 5.41) is 14.4. The predicted molar refractivity (Wildman–Crippen MR) is 77.8 cm³/mol. The monoisotopic (exact) mass is 299 g/mol. The van der Waals surface area contributed by atoms with Crippen molar-refractivity contribution in [1.29, 1.82) is 0 Å². The maximum absolute atomic E-state index is 6.00. The van der Waals surface area contributed by atoms with Gasteiger partial charge in [-0.3, -0.25) is 5.10 Å². The molecular formula is C12H15Cl2N5. The summed E-state index contributed by atoms with van der Waals surface area (Å²) in [6, 6.07) is 1.67. The van der Waals surface area contributed by atoms with Gasteiger partial charge in [0, 0.05) is 37.1 Å². The molecule has 0 aliphatic heterocycles. The van der Waals surface area contributed by atoms with Crippen LogP contribution in [0.4, 0.5) is 5.82 Å². The van der Waals surface area contributed by atoms with Crippen LogP contribution >= 0.6 is 23.2 Å². The Labute approximate surface area is 121 Å². The van der Waals surface area contributed by atoms with Crippen LogP contribution in [0.15, 0.2) is 18.5 Å². The Morgan fingerprint density at radius 3 is 2.79 bits per heavy atom. The number of nitrogens with one attached hydrogen (secondary N) is 3. The zero-order valence-corrected chi connectivity index (χ0v) is 12.0. The van der Waals surface area contributed by atoms with Crippen molar-refractivity contribution in [3.63, 3.8) is 0 Å². The molecule has 2 aromatic rings. The van der Waals surface area contributed by atoms with Crippen molar-refractivity contribution in [2.24, 2.45) is 0 Å². The van der Waals surface area contributed by atoms with E-state index in [0.717, 1.165) is 25.3 Å². The molecule has 2 aromatic heterocycles. The fourth-order valence-electron chi connectivity index (χ4n) is 1.59. The van der Waals surface area contributed by atoms with Crippen LogP contribution in [-0.4, -0.2) is 28.3 Å². The van der Waals surface area contributed by atoms with Gasteiger partial charge < -0.3 is 10.6 Å². The van der Waals surface area contributed by atoms with E-state index < -0.39 is 0 Å². The van der Waals surface area contributed by atoms with Gasteiger partial charge in [-0.25, -0.2) is 4.98 Å². The molecule has 0 fully saturated rings. The molecule has 0 saturated heterocycles. The van der Waals surface area contributed by atoms with Crippen LogP contribution < -0.4 is 10.6 Å². The van der Waals surface area contributed by atoms with Gasteiger partial charge >= 0.3 is 0 Å². The van der Waals surface area contributed by atoms with Crippen LogP contribution in [0.1, 0.15) is 11.3 Å². The molecule has 0 aliphatic carbocycles. The molecule has 2 heterocycles. The summed E-state index contributed by atoms with van der Waals surface area (Å²) in [6.45, 7) is 4.31. The highest BCUT2D eigenvalue weighted by Crippen LogP contribution is 2.21. The fourth-order valence-corrected chi connectivity index (χ4v) is 2.04. The second kappa shape index (κ2) is 6.75. The Morgan fingerprint density at radius 2 is 2.11 bits per heavy atom. The summed E-state index contributed by atoms with van der Waals surface area (Å²) in [7, 11) is 0. The second-order valence-corrected chi connectivity index (χ2v) is 4.95. The first kappa shape index (κ1) is 14.1. The van der Waals surface area contributed by atoms with E-state index in [-0.39, 0.29) is 0 Å². The van der Waals surface area contributed by atoms with Gasteiger partial charge in [0.25, 0.3) is 0 Å². The van der Waals surface area contributed by atoms with Gasteiger partial charge in [0.1, 0.15) is 5.82 Å². The predicted octanol–water partition coefficient (Wildman–Crippen LogP) is 2.62. The number of aromatic nitrogens is 3. The highest BCUT2D eigenvalue weighted by molar-refractivity contribution is 6.35. The molecule has 3 N–H and O–H groups in total. The molecule has 0 aliphatic rings. The first-order valence-electron chi connectivity index (χ1n) is 5.91. The van der Waals surface area contributed by atoms with Crippen LogP contribution in [0, 0.1) is 6.92 Å². The van der Waals surface area contributed by atoms with E-state index >= 15 is 0 Å². The third kappa shape index (κ3) is 4.09. The van der Waals surface area contributed by atoms with Crippen LogP contribution in [0.25, 0.3) is 0 Å². The average molecular weight is 300 g/mol. The minimum absolute atomic E-state index is 0.526. The van der Waals surface area contributed by atoms with E-state index in [1.807, 2.05) is 13.1 Å². The second-order valence-electron chi connectivity index (χ2n) is 4.11. The maximum atomic E-state index is 6.00. The molecule has 2 rings (SSSR count). The molecule has 102 valence electrons. The Kier molecular flexibility index (Phi) is 5.01. The minimum atomic E-state index is 0.526. The number of aryl methyl sites for hydroxylation is 1. The summed E-state index contributed by atoms with van der Waals surface area (Å²) < 4.78 is 0. The van der Waals surface area contributed by atoms with Gasteiger partial charge in [0.15, 0.2) is 0 Å². The Balaban J connectivity index is 1.71. The van der Waals surface area contributed by atoms with E-state index in [4.69, 9.17) is 23.2 Å². The molecule has 7 heteroatoms. The zero-order valence-electron chi connectivity index (χ0n) is 10.5. The van der Waals surface area contributed by atoms with E-state index in [1.54, 1.807) is 12.3 Å². The highest BCUT2D eigenvalue weighted by atomic mass is 35.5. The summed E-state index contributed by atoms with van der Waals surface area (Å²) in [5.41, 5.74) is 2.26. The molecule has 0 amide bonds. The zero-order chi connectivity index (χ0) is 13.7. The lowest BCUT2D eigenvalue weighted by molar-refractivity contribution is 0.703. The van der Waals surface area contributed by atoms with Gasteiger partial charge in [-0.15, -0.1) is 0 Å². The standard InChI is InChI=1S/C12H15Cl2N5/c1-8-9(6-18-19-8)5-15-2-3-16-12-11(14)4-10(13)7-17-12/h4,6-7,15H,2-3,5H2,1H3,(H,16,17)(H,18,19). The number of aromatic amines is 1. The number of nitrogens with zero attached hydrogens (tertiary/aromatic N) is 2. The summed E-state index contributed by atoms with van der Waals surface area (Å²) in [5.74, 6) is 0.646. The largest absolute Gasteiger partial charge is 0.368 e. The van der Waals surface area contributed by atoms with Crippen molar-refractivity contribution in [1.82, 2.24) is 20.5 Å². The summed E-state index contributed by atoms with van der Waals surface area (Å²) in [6.07, 6.45) is 3.39. The van der Waals surface area contributed by atoms with Crippen LogP contribution in [0.5, 0.6) is 0 Å². The lowest BCUT2D eigenvalue weighted by Crippen LogP contribution is -2.22. The number of anilines is 1. The van der Waals surface area contributed by atoms with Crippen LogP contribution in [0.3, 0.4) is 0 Å². The third-order valence-corrected chi connectivity index (χ3v) is 3.15. The maximum Gasteiger partial charge on any atom is 0.144 e. The van der Waals surface area contributed by atoms with Crippen LogP contribution in [0.2, 0.25) is 10.0 Å². The third-order valence-electron chi connectivity index (χ3n) is 2.65. The molecule has 0 radical (unpaired) electrons. The Morgan fingerprint density at radius 1 is 1.26 bits per heavy atom. The number of hydrogen-bond acceptors (Lipinski definition) is 4. The van der Waals surface area contributed by atoms with Gasteiger partial charge in [0.2, 0.25) is 0 Å². The normalized spacial score (nSPS) is 10.7. The summed E-state index contributed by atoms with van der Waals surface area (Å²) >= 11 is 11.8. The van der Waals surface area contributed by atoms with E-state index in [9.17, 15) is 0 Å². The lowest BCUT2D eigenvalue weighted by atomic mass is 10.2. The van der Waals surface area contributed by atoms with Gasteiger partial charge in [-0.05, 0) is 13.0 Å². The number of hydrogen-bond donors (Lipinski definition) is 3. The molecule has 0 atom stereocenters. The van der Waals surface area contributed by atoms with Gasteiger partial charge in [0.05, 0.1) is 16.2 Å². The fraction of sp³-hybridized carbons (Fsp3) is 0.333. The first-order valence-corrected chi connectivity index (χ1v) is 6.67. The first-order chi connectivity index (χ1) is 9.16. The molecule has 0 saturated carbocycles. The lowest BCUT2D eigenvalue weighted by Gasteiger charge is -2.08. The molecule has 19 heavy (non-hydrogen) atoms. The summed E-state index contributed by atoms with van der Waals surface area (Å²) in [4.78, 5) is 4.12. The number of rotatable bonds is 6. The van der Waals surface area contributed by atoms with Crippen molar-refractivity contribution < 1.29 is 0 Å². The number of pyridine rings is 1. The smallest absolute Gasteiger partial charge is 0.144 e. The quantitative estimate of drug-likeness (QED) is 0.718. The van der Waals surface area contributed by atoms with Crippen molar-refractivity contribution in [3.8, 4) is 0 Å². The van der Waals surface area contributed by atoms with Crippen molar-refractivity contribution >= 4 is 29.0 Å². The molecule has 5 nitrogen and oxygen atoms in total. The number of H-pyrrole nitrogens is 1. The van der Waals surface area contributed by atoms with Crippen LogP contribution in [-0.2, 0) is 6.54 Å². The minimum Gasteiger partial charge on any atom is -0.368 e. The molecular weight excluding hydrogens is 285 g/mol. The molecule has 0 spiro atoms. The van der Waals surface area contributed by atoms with Crippen molar-refractivity contribution in [2.45, 2.75) is 13.5 Å². The molecule has 0 aromatic carbocycles. The van der Waals surface area contributed by atoms with Crippen molar-refractivity contribution in [2.75, 3.05) is 18.4 Å². The van der Waals surface area contributed by atoms with E-state index in [1.165, 1.54) is 5.56 Å². The Bertz CT molecular complexity index is 541. The Hall–Kier alpha value is -1.30. The molecule has 0 unspecified atom stereocenters. The van der Waals surface area contributed by atoms with E-state index in [2.05, 4.69) is 25.8 Å². The van der Waals surface area contributed by atoms with Gasteiger partial charge in [-0.2, -0.15) is 5.10 Å². The topological polar surface area (TPSA) is 65.6 Å².